The summed E-state index contributed by atoms with van der Waals surface area (Å²) in [5.41, 5.74) is -0.122. The van der Waals surface area contributed by atoms with Gasteiger partial charge in [0.05, 0.1) is 24.3 Å². The van der Waals surface area contributed by atoms with Crippen LogP contribution in [-0.2, 0) is 21.7 Å². The molecule has 0 bridgehead atoms. The Morgan fingerprint density at radius 2 is 1.93 bits per heavy atom. The molecule has 0 spiro atoms. The summed E-state index contributed by atoms with van der Waals surface area (Å²) in [5, 5.41) is 11.6. The lowest BCUT2D eigenvalue weighted by molar-refractivity contribution is -0.140. The van der Waals surface area contributed by atoms with Crippen molar-refractivity contribution in [1.82, 2.24) is 9.80 Å². The third kappa shape index (κ3) is 3.80. The number of rotatable bonds is 4. The lowest BCUT2D eigenvalue weighted by atomic mass is 9.84. The number of furan rings is 1. The van der Waals surface area contributed by atoms with Crippen molar-refractivity contribution in [3.05, 3.63) is 59.0 Å². The average Bonchev–Trinajstić information content (AvgIpc) is 3.33. The number of aliphatic hydroxyl groups is 1. The molecule has 2 saturated heterocycles. The van der Waals surface area contributed by atoms with Crippen LogP contribution in [0.3, 0.4) is 0 Å². The zero-order valence-electron chi connectivity index (χ0n) is 15.5. The van der Waals surface area contributed by atoms with Gasteiger partial charge in [-0.25, -0.2) is 0 Å². The fraction of sp³-hybridized carbons (Fsp3) is 0.429. The van der Waals surface area contributed by atoms with E-state index in [1.54, 1.807) is 34.3 Å². The molecular formula is C21H23ClN2O4. The van der Waals surface area contributed by atoms with Crippen LogP contribution < -0.4 is 0 Å². The van der Waals surface area contributed by atoms with Crippen molar-refractivity contribution in [3.63, 3.8) is 0 Å². The van der Waals surface area contributed by atoms with Gasteiger partial charge >= 0.3 is 0 Å². The molecule has 2 aliphatic rings. The Labute approximate surface area is 168 Å². The van der Waals surface area contributed by atoms with Gasteiger partial charge in [0.25, 0.3) is 0 Å². The number of halogens is 1. The van der Waals surface area contributed by atoms with Crippen LogP contribution in [0.15, 0.2) is 47.1 Å². The smallest absolute Gasteiger partial charge is 0.227 e. The average molecular weight is 403 g/mol. The Morgan fingerprint density at radius 1 is 1.21 bits per heavy atom. The Morgan fingerprint density at radius 3 is 2.57 bits per heavy atom. The summed E-state index contributed by atoms with van der Waals surface area (Å²) in [4.78, 5) is 28.6. The zero-order valence-corrected chi connectivity index (χ0v) is 16.3. The SMILES string of the molecule is O=C1CC(C(=O)N2CCC(O)(c3ccc(Cl)cc3)CC2)CN1Cc1ccco1. The molecule has 4 rings (SSSR count). The van der Waals surface area contributed by atoms with Crippen LogP contribution in [0.25, 0.3) is 0 Å². The molecule has 3 heterocycles. The van der Waals surface area contributed by atoms with Crippen LogP contribution >= 0.6 is 11.6 Å². The van der Waals surface area contributed by atoms with Gasteiger partial charge in [0.1, 0.15) is 5.76 Å². The van der Waals surface area contributed by atoms with Crippen molar-refractivity contribution in [2.45, 2.75) is 31.4 Å². The van der Waals surface area contributed by atoms with Crippen LogP contribution in [0.5, 0.6) is 0 Å². The normalized spacial score (nSPS) is 21.9. The van der Waals surface area contributed by atoms with E-state index in [-0.39, 0.29) is 24.2 Å². The molecule has 1 unspecified atom stereocenters. The maximum atomic E-state index is 12.9. The van der Waals surface area contributed by atoms with Crippen LogP contribution in [0.4, 0.5) is 0 Å². The van der Waals surface area contributed by atoms with Gasteiger partial charge in [-0.05, 0) is 42.7 Å². The third-order valence-corrected chi connectivity index (χ3v) is 6.03. The van der Waals surface area contributed by atoms with Crippen molar-refractivity contribution < 1.29 is 19.1 Å². The second-order valence-corrected chi connectivity index (χ2v) is 8.05. The molecule has 0 saturated carbocycles. The first-order valence-electron chi connectivity index (χ1n) is 9.52. The molecule has 1 atom stereocenters. The van der Waals surface area contributed by atoms with Crippen LogP contribution in [-0.4, -0.2) is 46.4 Å². The molecule has 2 aromatic rings. The number of benzene rings is 1. The number of nitrogens with zero attached hydrogens (tertiary/aromatic N) is 2. The van der Waals surface area contributed by atoms with E-state index in [1.807, 2.05) is 18.2 Å². The molecule has 28 heavy (non-hydrogen) atoms. The van der Waals surface area contributed by atoms with E-state index in [2.05, 4.69) is 0 Å². The van der Waals surface area contributed by atoms with Crippen molar-refractivity contribution in [3.8, 4) is 0 Å². The molecule has 1 aromatic carbocycles. The van der Waals surface area contributed by atoms with Gasteiger partial charge in [0.2, 0.25) is 11.8 Å². The highest BCUT2D eigenvalue weighted by atomic mass is 35.5. The second-order valence-electron chi connectivity index (χ2n) is 7.62. The number of amides is 2. The van der Waals surface area contributed by atoms with Crippen LogP contribution in [0.1, 0.15) is 30.6 Å². The van der Waals surface area contributed by atoms with Gasteiger partial charge in [-0.15, -0.1) is 0 Å². The third-order valence-electron chi connectivity index (χ3n) is 5.77. The van der Waals surface area contributed by atoms with Crippen molar-refractivity contribution in [1.29, 1.82) is 0 Å². The fourth-order valence-electron chi connectivity index (χ4n) is 4.09. The number of likely N-dealkylation sites (tertiary alicyclic amines) is 2. The van der Waals surface area contributed by atoms with E-state index < -0.39 is 5.60 Å². The first-order valence-corrected chi connectivity index (χ1v) is 9.90. The van der Waals surface area contributed by atoms with Gasteiger partial charge in [-0.1, -0.05) is 23.7 Å². The largest absolute Gasteiger partial charge is 0.467 e. The summed E-state index contributed by atoms with van der Waals surface area (Å²) in [6.07, 6.45) is 2.75. The molecule has 0 aliphatic carbocycles. The highest BCUT2D eigenvalue weighted by Gasteiger charge is 2.40. The van der Waals surface area contributed by atoms with Gasteiger partial charge in [-0.2, -0.15) is 0 Å². The maximum absolute atomic E-state index is 12.9. The summed E-state index contributed by atoms with van der Waals surface area (Å²) < 4.78 is 5.30. The van der Waals surface area contributed by atoms with E-state index in [0.717, 1.165) is 5.56 Å². The summed E-state index contributed by atoms with van der Waals surface area (Å²) in [7, 11) is 0. The van der Waals surface area contributed by atoms with E-state index in [0.29, 0.717) is 49.8 Å². The molecule has 6 nitrogen and oxygen atoms in total. The highest BCUT2D eigenvalue weighted by Crippen LogP contribution is 2.34. The Kier molecular flexibility index (Phi) is 5.17. The van der Waals surface area contributed by atoms with E-state index >= 15 is 0 Å². The highest BCUT2D eigenvalue weighted by molar-refractivity contribution is 6.30. The first kappa shape index (κ1) is 19.0. The Balaban J connectivity index is 1.35. The van der Waals surface area contributed by atoms with E-state index in [1.165, 1.54) is 0 Å². The van der Waals surface area contributed by atoms with Crippen molar-refractivity contribution >= 4 is 23.4 Å². The standard InChI is InChI=1S/C21H23ClN2O4/c22-17-5-3-16(4-6-17)21(27)7-9-23(10-8-21)20(26)15-12-19(25)24(13-15)14-18-2-1-11-28-18/h1-6,11,15,27H,7-10,12-14H2. The van der Waals surface area contributed by atoms with Crippen molar-refractivity contribution in [2.75, 3.05) is 19.6 Å². The minimum Gasteiger partial charge on any atom is -0.467 e. The number of carbonyl (C=O) groups excluding carboxylic acids is 2. The molecule has 2 amide bonds. The van der Waals surface area contributed by atoms with Crippen LogP contribution in [0.2, 0.25) is 5.02 Å². The maximum Gasteiger partial charge on any atom is 0.227 e. The van der Waals surface area contributed by atoms with Gasteiger partial charge in [0.15, 0.2) is 0 Å². The summed E-state index contributed by atoms with van der Waals surface area (Å²) in [6, 6.07) is 10.8. The van der Waals surface area contributed by atoms with E-state index in [4.69, 9.17) is 16.0 Å². The number of hydrogen-bond donors (Lipinski definition) is 1. The van der Waals surface area contributed by atoms with E-state index in [9.17, 15) is 14.7 Å². The predicted molar refractivity (Wildman–Crippen MR) is 103 cm³/mol. The Bertz CT molecular complexity index is 842. The number of piperidine rings is 1. The summed E-state index contributed by atoms with van der Waals surface area (Å²) in [5.74, 6) is 0.356. The molecule has 0 radical (unpaired) electrons. The summed E-state index contributed by atoms with van der Waals surface area (Å²) in [6.45, 7) is 1.75. The zero-order chi connectivity index (χ0) is 19.7. The van der Waals surface area contributed by atoms with Crippen molar-refractivity contribution in [2.24, 2.45) is 5.92 Å². The summed E-state index contributed by atoms with van der Waals surface area (Å²) >= 11 is 5.93. The van der Waals surface area contributed by atoms with Gasteiger partial charge in [0, 0.05) is 31.1 Å². The molecule has 2 fully saturated rings. The topological polar surface area (TPSA) is 74.0 Å². The number of hydrogen-bond acceptors (Lipinski definition) is 4. The minimum absolute atomic E-state index is 0.00606. The Hall–Kier alpha value is -2.31. The molecule has 148 valence electrons. The van der Waals surface area contributed by atoms with Gasteiger partial charge < -0.3 is 19.3 Å². The molecule has 2 aliphatic heterocycles. The quantitative estimate of drug-likeness (QED) is 0.853. The lowest BCUT2D eigenvalue weighted by Crippen LogP contribution is -2.47. The molecule has 1 N–H and O–H groups in total. The second kappa shape index (κ2) is 7.60. The lowest BCUT2D eigenvalue weighted by Gasteiger charge is -2.39. The van der Waals surface area contributed by atoms with Gasteiger partial charge in [-0.3, -0.25) is 9.59 Å². The molecule has 7 heteroatoms. The monoisotopic (exact) mass is 402 g/mol. The van der Waals surface area contributed by atoms with Crippen LogP contribution in [0, 0.1) is 5.92 Å². The first-order chi connectivity index (χ1) is 13.4. The molecular weight excluding hydrogens is 380 g/mol. The predicted octanol–water partition coefficient (Wildman–Crippen LogP) is 2.79. The molecule has 1 aromatic heterocycles. The number of carbonyl (C=O) groups is 2. The minimum atomic E-state index is -0.946. The fourth-order valence-corrected chi connectivity index (χ4v) is 4.21.